The summed E-state index contributed by atoms with van der Waals surface area (Å²) in [5.41, 5.74) is 4.66. The number of benzene rings is 1. The highest BCUT2D eigenvalue weighted by Gasteiger charge is 2.08. The fourth-order valence-corrected chi connectivity index (χ4v) is 2.52. The predicted octanol–water partition coefficient (Wildman–Crippen LogP) is 1.82. The second-order valence-corrected chi connectivity index (χ2v) is 5.22. The number of rotatable bonds is 4. The molecule has 2 rings (SSSR count). The molecular weight excluding hydrogens is 252 g/mol. The van der Waals surface area contributed by atoms with Crippen LogP contribution in [-0.2, 0) is 12.8 Å². The minimum absolute atomic E-state index is 0.0397. The number of hydrogen-bond acceptors (Lipinski definition) is 3. The zero-order chi connectivity index (χ0) is 14.7. The first-order valence-electron chi connectivity index (χ1n) is 6.76. The van der Waals surface area contributed by atoms with Gasteiger partial charge in [0.15, 0.2) is 0 Å². The van der Waals surface area contributed by atoms with Crippen LogP contribution in [0.1, 0.15) is 33.8 Å². The van der Waals surface area contributed by atoms with Gasteiger partial charge in [0.2, 0.25) is 0 Å². The summed E-state index contributed by atoms with van der Waals surface area (Å²) in [4.78, 5) is 19.2. The molecule has 0 aliphatic carbocycles. The first kappa shape index (κ1) is 14.5. The number of nitrogens with zero attached hydrogens (tertiary/aromatic N) is 1. The Labute approximate surface area is 118 Å². The molecule has 0 saturated carbocycles. The molecule has 1 aromatic carbocycles. The van der Waals surface area contributed by atoms with Gasteiger partial charge in [0.25, 0.3) is 5.56 Å². The van der Waals surface area contributed by atoms with Crippen LogP contribution in [0.15, 0.2) is 23.0 Å². The van der Waals surface area contributed by atoms with Crippen molar-refractivity contribution < 1.29 is 5.11 Å². The quantitative estimate of drug-likeness (QED) is 0.892. The third kappa shape index (κ3) is 3.33. The molecule has 0 atom stereocenters. The summed E-state index contributed by atoms with van der Waals surface area (Å²) in [7, 11) is 0. The van der Waals surface area contributed by atoms with E-state index in [0.717, 1.165) is 5.56 Å². The Kier molecular flexibility index (Phi) is 4.35. The molecule has 20 heavy (non-hydrogen) atoms. The number of aliphatic hydroxyl groups is 1. The lowest BCUT2D eigenvalue weighted by molar-refractivity contribution is 0.298. The van der Waals surface area contributed by atoms with Gasteiger partial charge in [0.1, 0.15) is 5.82 Å². The molecular formula is C16H20N2O2. The maximum absolute atomic E-state index is 12.0. The normalized spacial score (nSPS) is 10.8. The molecule has 1 aromatic heterocycles. The maximum Gasteiger partial charge on any atom is 0.254 e. The van der Waals surface area contributed by atoms with Crippen molar-refractivity contribution in [1.29, 1.82) is 0 Å². The second kappa shape index (κ2) is 6.01. The Morgan fingerprint density at radius 1 is 1.15 bits per heavy atom. The van der Waals surface area contributed by atoms with Crippen molar-refractivity contribution in [3.63, 3.8) is 0 Å². The van der Waals surface area contributed by atoms with Crippen LogP contribution in [-0.4, -0.2) is 21.7 Å². The molecule has 0 bridgehead atoms. The highest BCUT2D eigenvalue weighted by Crippen LogP contribution is 2.12. The monoisotopic (exact) mass is 272 g/mol. The number of aliphatic hydroxyl groups excluding tert-OH is 1. The summed E-state index contributed by atoms with van der Waals surface area (Å²) in [5, 5.41) is 8.95. The van der Waals surface area contributed by atoms with Crippen molar-refractivity contribution in [1.82, 2.24) is 9.97 Å². The predicted molar refractivity (Wildman–Crippen MR) is 79.1 cm³/mol. The van der Waals surface area contributed by atoms with E-state index in [1.165, 1.54) is 11.1 Å². The summed E-state index contributed by atoms with van der Waals surface area (Å²) < 4.78 is 0. The molecule has 106 valence electrons. The van der Waals surface area contributed by atoms with Gasteiger partial charge in [0.05, 0.1) is 0 Å². The summed E-state index contributed by atoms with van der Waals surface area (Å²) >= 11 is 0. The van der Waals surface area contributed by atoms with E-state index < -0.39 is 0 Å². The van der Waals surface area contributed by atoms with Gasteiger partial charge in [-0.05, 0) is 26.3 Å². The first-order valence-corrected chi connectivity index (χ1v) is 6.76. The van der Waals surface area contributed by atoms with Crippen LogP contribution in [0.4, 0.5) is 0 Å². The topological polar surface area (TPSA) is 66.0 Å². The van der Waals surface area contributed by atoms with Crippen molar-refractivity contribution in [2.75, 3.05) is 6.61 Å². The van der Waals surface area contributed by atoms with E-state index in [-0.39, 0.29) is 12.2 Å². The van der Waals surface area contributed by atoms with Gasteiger partial charge in [-0.3, -0.25) is 4.79 Å². The van der Waals surface area contributed by atoms with Gasteiger partial charge in [-0.15, -0.1) is 0 Å². The molecule has 0 aliphatic rings. The summed E-state index contributed by atoms with van der Waals surface area (Å²) in [6.07, 6.45) is 0.954. The molecule has 2 aromatic rings. The Morgan fingerprint density at radius 3 is 2.35 bits per heavy atom. The van der Waals surface area contributed by atoms with Crippen molar-refractivity contribution in [3.8, 4) is 0 Å². The molecule has 1 heterocycles. The molecule has 0 spiro atoms. The summed E-state index contributed by atoms with van der Waals surface area (Å²) in [6, 6.07) is 6.32. The SMILES string of the molecule is Cc1cc(C)cc(Cc2nc(C)c(CCO)c(=O)[nH]2)c1. The third-order valence-corrected chi connectivity index (χ3v) is 3.29. The second-order valence-electron chi connectivity index (χ2n) is 5.22. The number of aromatic nitrogens is 2. The van der Waals surface area contributed by atoms with E-state index in [1.807, 2.05) is 6.92 Å². The van der Waals surface area contributed by atoms with Gasteiger partial charge in [-0.25, -0.2) is 4.98 Å². The van der Waals surface area contributed by atoms with Gasteiger partial charge < -0.3 is 10.1 Å². The number of hydrogen-bond donors (Lipinski definition) is 2. The van der Waals surface area contributed by atoms with E-state index in [4.69, 9.17) is 5.11 Å². The van der Waals surface area contributed by atoms with Crippen LogP contribution in [0.25, 0.3) is 0 Å². The molecule has 0 unspecified atom stereocenters. The van der Waals surface area contributed by atoms with Gasteiger partial charge >= 0.3 is 0 Å². The largest absolute Gasteiger partial charge is 0.396 e. The lowest BCUT2D eigenvalue weighted by Gasteiger charge is -2.08. The standard InChI is InChI=1S/C16H20N2O2/c1-10-6-11(2)8-13(7-10)9-15-17-12(3)14(4-5-19)16(20)18-15/h6-8,19H,4-5,9H2,1-3H3,(H,17,18,20). The molecule has 0 radical (unpaired) electrons. The number of aryl methyl sites for hydroxylation is 3. The van der Waals surface area contributed by atoms with E-state index in [2.05, 4.69) is 42.0 Å². The van der Waals surface area contributed by atoms with Crippen molar-refractivity contribution >= 4 is 0 Å². The first-order chi connectivity index (χ1) is 9.49. The molecule has 4 nitrogen and oxygen atoms in total. The van der Waals surface area contributed by atoms with Crippen LogP contribution in [0.2, 0.25) is 0 Å². The lowest BCUT2D eigenvalue weighted by Crippen LogP contribution is -2.20. The zero-order valence-corrected chi connectivity index (χ0v) is 12.2. The minimum Gasteiger partial charge on any atom is -0.396 e. The number of nitrogens with one attached hydrogen (secondary N) is 1. The molecule has 0 aliphatic heterocycles. The fourth-order valence-electron chi connectivity index (χ4n) is 2.52. The third-order valence-electron chi connectivity index (χ3n) is 3.29. The van der Waals surface area contributed by atoms with Gasteiger partial charge in [-0.2, -0.15) is 0 Å². The molecule has 2 N–H and O–H groups in total. The van der Waals surface area contributed by atoms with E-state index in [9.17, 15) is 4.79 Å². The summed E-state index contributed by atoms with van der Waals surface area (Å²) in [6.45, 7) is 5.89. The van der Waals surface area contributed by atoms with Crippen LogP contribution < -0.4 is 5.56 Å². The number of H-pyrrole nitrogens is 1. The highest BCUT2D eigenvalue weighted by molar-refractivity contribution is 5.30. The van der Waals surface area contributed by atoms with Crippen molar-refractivity contribution in [2.45, 2.75) is 33.6 Å². The number of aromatic amines is 1. The van der Waals surface area contributed by atoms with Gasteiger partial charge in [-0.1, -0.05) is 29.3 Å². The van der Waals surface area contributed by atoms with Crippen LogP contribution >= 0.6 is 0 Å². The Bertz CT molecular complexity index is 654. The Balaban J connectivity index is 2.32. The summed E-state index contributed by atoms with van der Waals surface area (Å²) in [5.74, 6) is 0.666. The van der Waals surface area contributed by atoms with E-state index in [1.54, 1.807) is 0 Å². The molecule has 0 amide bonds. The lowest BCUT2D eigenvalue weighted by atomic mass is 10.0. The maximum atomic E-state index is 12.0. The highest BCUT2D eigenvalue weighted by atomic mass is 16.3. The van der Waals surface area contributed by atoms with E-state index >= 15 is 0 Å². The smallest absolute Gasteiger partial charge is 0.254 e. The molecule has 0 fully saturated rings. The van der Waals surface area contributed by atoms with Crippen LogP contribution in [0.3, 0.4) is 0 Å². The Hall–Kier alpha value is -1.94. The van der Waals surface area contributed by atoms with Crippen molar-refractivity contribution in [2.24, 2.45) is 0 Å². The molecule has 4 heteroatoms. The van der Waals surface area contributed by atoms with Crippen LogP contribution in [0.5, 0.6) is 0 Å². The fraction of sp³-hybridized carbons (Fsp3) is 0.375. The average Bonchev–Trinajstić information content (AvgIpc) is 2.32. The van der Waals surface area contributed by atoms with Gasteiger partial charge in [0, 0.05) is 30.7 Å². The Morgan fingerprint density at radius 2 is 1.80 bits per heavy atom. The van der Waals surface area contributed by atoms with Crippen molar-refractivity contribution in [3.05, 3.63) is 62.3 Å². The molecule has 0 saturated heterocycles. The van der Waals surface area contributed by atoms with E-state index in [0.29, 0.717) is 29.9 Å². The van der Waals surface area contributed by atoms with Crippen LogP contribution in [0, 0.1) is 20.8 Å². The minimum atomic E-state index is -0.147. The average molecular weight is 272 g/mol. The zero-order valence-electron chi connectivity index (χ0n) is 12.2.